The molecule has 0 aliphatic heterocycles. The van der Waals surface area contributed by atoms with Crippen molar-refractivity contribution in [2.75, 3.05) is 28.4 Å². The number of sulfonamides is 2. The number of primary sulfonamides is 1. The van der Waals surface area contributed by atoms with Crippen LogP contribution in [0.1, 0.15) is 27.3 Å². The number of nitrogens with one attached hydrogen (secondary N) is 1. The second kappa shape index (κ2) is 16.7. The van der Waals surface area contributed by atoms with E-state index in [1.54, 1.807) is 98.1 Å². The Bertz CT molecular complexity index is 2810. The largest absolute Gasteiger partial charge is 0.497 e. The monoisotopic (exact) mass is 838 g/mol. The number of aromatic nitrogens is 6. The predicted octanol–water partition coefficient (Wildman–Crippen LogP) is 4.78. The molecule has 7 rings (SSSR count). The van der Waals surface area contributed by atoms with E-state index < -0.39 is 35.8 Å². The van der Waals surface area contributed by atoms with Gasteiger partial charge in [0.25, 0.3) is 0 Å². The van der Waals surface area contributed by atoms with Crippen LogP contribution in [0.4, 0.5) is 0 Å². The summed E-state index contributed by atoms with van der Waals surface area (Å²) >= 11 is 0. The summed E-state index contributed by atoms with van der Waals surface area (Å²) in [5.41, 5.74) is 2.80. The standard InChI is InChI=1S/C40H38N8O9S2/c1-54-28-14-8-25(9-15-28)22-47(23-26-10-16-29(55-2)17-11-26)59(52,53)37-34(58(41,50)51)21-20-31(32-6-5-7-33-36(32)43-39(42-33)40(49)57-4)35(37)38-44-46-48(45-38)24-27-12-18-30(56-3)19-13-27/h5-21H,22-24H2,1-4H3,(H,42,43)(H2,41,50,51). The minimum atomic E-state index is -4.90. The Morgan fingerprint density at radius 2 is 1.29 bits per heavy atom. The van der Waals surface area contributed by atoms with Crippen LogP contribution in [0.2, 0.25) is 0 Å². The van der Waals surface area contributed by atoms with Crippen molar-refractivity contribution in [3.05, 3.63) is 126 Å². The first-order valence-corrected chi connectivity index (χ1v) is 20.8. The summed E-state index contributed by atoms with van der Waals surface area (Å²) in [6, 6.07) is 28.2. The van der Waals surface area contributed by atoms with Gasteiger partial charge in [0, 0.05) is 18.7 Å². The highest BCUT2D eigenvalue weighted by molar-refractivity contribution is 7.92. The van der Waals surface area contributed by atoms with Crippen LogP contribution in [-0.2, 0) is 44.4 Å². The molecule has 0 fully saturated rings. The molecule has 0 radical (unpaired) electrons. The SMILES string of the molecule is COC(=O)c1nc2c(-c3ccc(S(N)(=O)=O)c(S(=O)(=O)N(Cc4ccc(OC)cc4)Cc4ccc(OC)cc4)c3-c3nnn(Cc4ccc(OC)cc4)n3)cccc2[nH]1. The van der Waals surface area contributed by atoms with Crippen LogP contribution in [0.25, 0.3) is 33.5 Å². The third-order valence-corrected chi connectivity index (χ3v) is 12.4. The summed E-state index contributed by atoms with van der Waals surface area (Å²) in [6.07, 6.45) is 0. The van der Waals surface area contributed by atoms with Crippen molar-refractivity contribution < 1.29 is 40.6 Å². The third-order valence-electron chi connectivity index (χ3n) is 9.40. The van der Waals surface area contributed by atoms with E-state index in [2.05, 4.69) is 25.4 Å². The summed E-state index contributed by atoms with van der Waals surface area (Å²) in [4.78, 5) is 19.8. The van der Waals surface area contributed by atoms with Crippen molar-refractivity contribution in [2.24, 2.45) is 5.14 Å². The highest BCUT2D eigenvalue weighted by atomic mass is 32.2. The normalized spacial score (nSPS) is 11.8. The van der Waals surface area contributed by atoms with Crippen molar-refractivity contribution >= 4 is 37.0 Å². The van der Waals surface area contributed by atoms with Crippen molar-refractivity contribution in [3.8, 4) is 39.8 Å². The molecule has 17 nitrogen and oxygen atoms in total. The number of hydrogen-bond donors (Lipinski definition) is 2. The van der Waals surface area contributed by atoms with Crippen LogP contribution < -0.4 is 19.3 Å². The Balaban J connectivity index is 1.49. The number of carbonyl (C=O) groups excluding carboxylic acids is 1. The fourth-order valence-corrected chi connectivity index (χ4v) is 9.42. The number of carbonyl (C=O) groups is 1. The number of methoxy groups -OCH3 is 4. The molecule has 59 heavy (non-hydrogen) atoms. The lowest BCUT2D eigenvalue weighted by molar-refractivity contribution is 0.0588. The quantitative estimate of drug-likeness (QED) is 0.133. The number of aromatic amines is 1. The van der Waals surface area contributed by atoms with E-state index in [9.17, 15) is 13.2 Å². The second-order valence-corrected chi connectivity index (χ2v) is 16.5. The molecule has 2 heterocycles. The molecule has 5 aromatic carbocycles. The number of H-pyrrole nitrogens is 1. The van der Waals surface area contributed by atoms with Crippen LogP contribution in [-0.4, -0.2) is 85.7 Å². The lowest BCUT2D eigenvalue weighted by atomic mass is 9.98. The van der Waals surface area contributed by atoms with Crippen LogP contribution in [0.5, 0.6) is 17.2 Å². The molecule has 2 aromatic heterocycles. The molecule has 0 aliphatic carbocycles. The first-order valence-electron chi connectivity index (χ1n) is 17.8. The van der Waals surface area contributed by atoms with Gasteiger partial charge in [0.2, 0.25) is 31.7 Å². The minimum Gasteiger partial charge on any atom is -0.497 e. The number of tetrazole rings is 1. The molecular weight excluding hydrogens is 801 g/mol. The van der Waals surface area contributed by atoms with Crippen molar-refractivity contribution in [3.63, 3.8) is 0 Å². The molecule has 7 aromatic rings. The maximum absolute atomic E-state index is 15.6. The maximum atomic E-state index is 15.6. The summed E-state index contributed by atoms with van der Waals surface area (Å²) in [5.74, 6) is 0.660. The van der Waals surface area contributed by atoms with Gasteiger partial charge in [0.1, 0.15) is 27.0 Å². The zero-order chi connectivity index (χ0) is 41.9. The van der Waals surface area contributed by atoms with E-state index in [0.29, 0.717) is 39.5 Å². The molecule has 0 amide bonds. The van der Waals surface area contributed by atoms with Crippen LogP contribution in [0.15, 0.2) is 113 Å². The van der Waals surface area contributed by atoms with Crippen LogP contribution in [0, 0.1) is 0 Å². The van der Waals surface area contributed by atoms with Gasteiger partial charge in [-0.2, -0.15) is 9.10 Å². The van der Waals surface area contributed by atoms with Gasteiger partial charge in [-0.1, -0.05) is 54.6 Å². The first kappa shape index (κ1) is 40.5. The smallest absolute Gasteiger partial charge is 0.374 e. The van der Waals surface area contributed by atoms with Gasteiger partial charge in [0.15, 0.2) is 0 Å². The molecular formula is C40H38N8O9S2. The number of hydrogen-bond acceptors (Lipinski definition) is 13. The molecule has 0 bridgehead atoms. The Labute approximate surface area is 339 Å². The molecule has 0 spiro atoms. The molecule has 3 N–H and O–H groups in total. The fourth-order valence-electron chi connectivity index (χ4n) is 6.46. The van der Waals surface area contributed by atoms with Crippen LogP contribution in [0.3, 0.4) is 0 Å². The van der Waals surface area contributed by atoms with Crippen molar-refractivity contribution in [2.45, 2.75) is 29.4 Å². The number of nitrogens with two attached hydrogens (primary N) is 1. The molecule has 0 atom stereocenters. The van der Waals surface area contributed by atoms with Crippen molar-refractivity contribution in [1.82, 2.24) is 34.5 Å². The summed E-state index contributed by atoms with van der Waals surface area (Å²) in [6.45, 7) is -0.302. The number of para-hydroxylation sites is 1. The van der Waals surface area contributed by atoms with Crippen molar-refractivity contribution in [1.29, 1.82) is 0 Å². The average molecular weight is 839 g/mol. The molecule has 0 saturated heterocycles. The van der Waals surface area contributed by atoms with Crippen LogP contribution >= 0.6 is 0 Å². The van der Waals surface area contributed by atoms with Gasteiger partial charge >= 0.3 is 5.97 Å². The maximum Gasteiger partial charge on any atom is 0.374 e. The van der Waals surface area contributed by atoms with E-state index in [4.69, 9.17) is 24.1 Å². The number of nitrogens with zero attached hydrogens (tertiary/aromatic N) is 6. The molecule has 0 unspecified atom stereocenters. The average Bonchev–Trinajstić information content (AvgIpc) is 3.91. The zero-order valence-electron chi connectivity index (χ0n) is 32.2. The number of esters is 1. The van der Waals surface area contributed by atoms with Gasteiger partial charge in [-0.3, -0.25) is 0 Å². The van der Waals surface area contributed by atoms with E-state index in [1.165, 1.54) is 32.2 Å². The number of fused-ring (bicyclic) bond motifs is 1. The zero-order valence-corrected chi connectivity index (χ0v) is 33.8. The lowest BCUT2D eigenvalue weighted by Gasteiger charge is -2.26. The van der Waals surface area contributed by atoms with Gasteiger partial charge in [0.05, 0.1) is 51.6 Å². The highest BCUT2D eigenvalue weighted by Gasteiger charge is 2.37. The summed E-state index contributed by atoms with van der Waals surface area (Å²) in [5, 5.41) is 19.0. The Kier molecular flexibility index (Phi) is 11.4. The Hall–Kier alpha value is -6.67. The summed E-state index contributed by atoms with van der Waals surface area (Å²) in [7, 11) is -3.87. The molecule has 0 aliphatic rings. The number of rotatable bonds is 15. The second-order valence-electron chi connectivity index (χ2n) is 13.1. The topological polar surface area (TPSA) is 224 Å². The molecule has 304 valence electrons. The number of imidazole rings is 1. The third kappa shape index (κ3) is 8.49. The number of benzene rings is 5. The van der Waals surface area contributed by atoms with Gasteiger partial charge < -0.3 is 23.9 Å². The van der Waals surface area contributed by atoms with E-state index in [-0.39, 0.29) is 47.9 Å². The lowest BCUT2D eigenvalue weighted by Crippen LogP contribution is -2.32. The summed E-state index contributed by atoms with van der Waals surface area (Å²) < 4.78 is 80.2. The minimum absolute atomic E-state index is 0.112. The van der Waals surface area contributed by atoms with E-state index >= 15 is 8.42 Å². The van der Waals surface area contributed by atoms with Gasteiger partial charge in [-0.05, 0) is 76.0 Å². The Morgan fingerprint density at radius 1 is 0.729 bits per heavy atom. The molecule has 19 heteroatoms. The highest BCUT2D eigenvalue weighted by Crippen LogP contribution is 2.42. The van der Waals surface area contributed by atoms with Gasteiger partial charge in [-0.25, -0.2) is 31.8 Å². The van der Waals surface area contributed by atoms with E-state index in [1.807, 2.05) is 0 Å². The first-order chi connectivity index (χ1) is 28.3. The predicted molar refractivity (Wildman–Crippen MR) is 216 cm³/mol. The molecule has 0 saturated carbocycles. The number of ether oxygens (including phenoxy) is 4. The fraction of sp³-hybridized carbons (Fsp3) is 0.175. The van der Waals surface area contributed by atoms with Gasteiger partial charge in [-0.15, -0.1) is 10.2 Å². The Morgan fingerprint density at radius 3 is 1.81 bits per heavy atom. The van der Waals surface area contributed by atoms with E-state index in [0.717, 1.165) is 15.9 Å².